The van der Waals surface area contributed by atoms with Crippen LogP contribution in [0.15, 0.2) is 0 Å². The average Bonchev–Trinajstić information content (AvgIpc) is 2.55. The predicted molar refractivity (Wildman–Crippen MR) is 95.8 cm³/mol. The van der Waals surface area contributed by atoms with E-state index in [-0.39, 0.29) is 36.8 Å². The van der Waals surface area contributed by atoms with E-state index in [1.165, 1.54) is 0 Å². The molecule has 0 aromatic heterocycles. The lowest BCUT2D eigenvalue weighted by Crippen LogP contribution is -2.59. The molecule has 2 rings (SSSR count). The molecule has 2 atom stereocenters. The summed E-state index contributed by atoms with van der Waals surface area (Å²) in [7, 11) is 1.64. The molecule has 2 aliphatic rings. The summed E-state index contributed by atoms with van der Waals surface area (Å²) in [5.41, 5.74) is -0.662. The third-order valence-corrected chi connectivity index (χ3v) is 4.92. The second kappa shape index (κ2) is 10.7. The standard InChI is InChI=1S/C15H29N3O3.2ClH/c1-12(13(2)18-8-10-21-11-9-18)17-14(19)15(20-3)4-6-16-7-5-15;;/h12-13,16H,4-11H2,1-3H3,(H,17,19);2*1H. The fourth-order valence-electron chi connectivity index (χ4n) is 3.11. The van der Waals surface area contributed by atoms with E-state index in [1.54, 1.807) is 7.11 Å². The topological polar surface area (TPSA) is 62.8 Å². The Balaban J connectivity index is 0.00000242. The minimum absolute atomic E-state index is 0. The first kappa shape index (κ1) is 22.9. The number of rotatable bonds is 5. The Labute approximate surface area is 151 Å². The average molecular weight is 372 g/mol. The molecule has 2 N–H and O–H groups in total. The molecule has 0 aromatic rings. The molecule has 0 aromatic carbocycles. The summed E-state index contributed by atoms with van der Waals surface area (Å²) < 4.78 is 11.0. The number of carbonyl (C=O) groups excluding carboxylic acids is 1. The molecule has 8 heteroatoms. The number of halogens is 2. The van der Waals surface area contributed by atoms with Crippen molar-refractivity contribution in [2.24, 2.45) is 0 Å². The number of ether oxygens (including phenoxy) is 2. The molecule has 2 aliphatic heterocycles. The summed E-state index contributed by atoms with van der Waals surface area (Å²) in [5.74, 6) is 0.0270. The smallest absolute Gasteiger partial charge is 0.252 e. The van der Waals surface area contributed by atoms with Gasteiger partial charge in [-0.15, -0.1) is 24.8 Å². The lowest BCUT2D eigenvalue weighted by molar-refractivity contribution is -0.148. The zero-order valence-corrected chi connectivity index (χ0v) is 15.9. The highest BCUT2D eigenvalue weighted by Crippen LogP contribution is 2.23. The van der Waals surface area contributed by atoms with Crippen LogP contribution in [0.4, 0.5) is 0 Å². The van der Waals surface area contributed by atoms with E-state index in [4.69, 9.17) is 9.47 Å². The van der Waals surface area contributed by atoms with Crippen molar-refractivity contribution in [1.82, 2.24) is 15.5 Å². The predicted octanol–water partition coefficient (Wildman–Crippen LogP) is 0.824. The maximum Gasteiger partial charge on any atom is 0.252 e. The first-order valence-corrected chi connectivity index (χ1v) is 7.98. The van der Waals surface area contributed by atoms with Gasteiger partial charge in [0.1, 0.15) is 5.60 Å². The second-order valence-electron chi connectivity index (χ2n) is 6.10. The van der Waals surface area contributed by atoms with E-state index in [1.807, 2.05) is 0 Å². The van der Waals surface area contributed by atoms with Crippen LogP contribution >= 0.6 is 24.8 Å². The number of hydrogen-bond acceptors (Lipinski definition) is 5. The summed E-state index contributed by atoms with van der Waals surface area (Å²) in [5, 5.41) is 6.44. The Hall–Kier alpha value is -0.110. The fraction of sp³-hybridized carbons (Fsp3) is 0.933. The number of piperidine rings is 1. The number of nitrogens with one attached hydrogen (secondary N) is 2. The molecule has 0 saturated carbocycles. The number of amides is 1. The van der Waals surface area contributed by atoms with Crippen LogP contribution < -0.4 is 10.6 Å². The minimum Gasteiger partial charge on any atom is -0.379 e. The van der Waals surface area contributed by atoms with Gasteiger partial charge in [-0.25, -0.2) is 0 Å². The van der Waals surface area contributed by atoms with Gasteiger partial charge in [0.05, 0.1) is 13.2 Å². The SMILES string of the molecule is COC1(C(=O)NC(C)C(C)N2CCOCC2)CCNCC1.Cl.Cl. The van der Waals surface area contributed by atoms with Gasteiger partial charge < -0.3 is 20.1 Å². The van der Waals surface area contributed by atoms with E-state index < -0.39 is 5.60 Å². The molecule has 0 bridgehead atoms. The highest BCUT2D eigenvalue weighted by Gasteiger charge is 2.40. The molecule has 6 nitrogen and oxygen atoms in total. The van der Waals surface area contributed by atoms with Crippen molar-refractivity contribution in [3.8, 4) is 0 Å². The summed E-state index contributed by atoms with van der Waals surface area (Å²) in [6, 6.07) is 0.394. The minimum atomic E-state index is -0.662. The Morgan fingerprint density at radius 2 is 1.78 bits per heavy atom. The van der Waals surface area contributed by atoms with Gasteiger partial charge in [-0.05, 0) is 39.8 Å². The second-order valence-corrected chi connectivity index (χ2v) is 6.10. The summed E-state index contributed by atoms with van der Waals surface area (Å²) >= 11 is 0. The third-order valence-electron chi connectivity index (χ3n) is 4.92. The van der Waals surface area contributed by atoms with Gasteiger partial charge in [-0.1, -0.05) is 0 Å². The van der Waals surface area contributed by atoms with E-state index in [0.29, 0.717) is 6.04 Å². The van der Waals surface area contributed by atoms with Crippen molar-refractivity contribution >= 4 is 30.7 Å². The van der Waals surface area contributed by atoms with Crippen LogP contribution in [0, 0.1) is 0 Å². The quantitative estimate of drug-likeness (QED) is 0.749. The van der Waals surface area contributed by atoms with Crippen LogP contribution in [0.1, 0.15) is 26.7 Å². The Morgan fingerprint density at radius 3 is 2.30 bits per heavy atom. The highest BCUT2D eigenvalue weighted by atomic mass is 35.5. The van der Waals surface area contributed by atoms with Crippen molar-refractivity contribution in [2.75, 3.05) is 46.5 Å². The van der Waals surface area contributed by atoms with Gasteiger partial charge in [-0.2, -0.15) is 0 Å². The van der Waals surface area contributed by atoms with Crippen molar-refractivity contribution in [3.63, 3.8) is 0 Å². The van der Waals surface area contributed by atoms with Crippen LogP contribution in [0.2, 0.25) is 0 Å². The largest absolute Gasteiger partial charge is 0.379 e. The molecule has 23 heavy (non-hydrogen) atoms. The van der Waals surface area contributed by atoms with Crippen LogP contribution in [-0.4, -0.2) is 75.0 Å². The van der Waals surface area contributed by atoms with E-state index in [0.717, 1.165) is 52.2 Å². The van der Waals surface area contributed by atoms with Gasteiger partial charge in [0, 0.05) is 32.3 Å². The monoisotopic (exact) mass is 371 g/mol. The molecular formula is C15H31Cl2N3O3. The van der Waals surface area contributed by atoms with Gasteiger partial charge in [-0.3, -0.25) is 9.69 Å². The molecule has 2 unspecified atom stereocenters. The van der Waals surface area contributed by atoms with Crippen LogP contribution in [0.25, 0.3) is 0 Å². The van der Waals surface area contributed by atoms with Crippen molar-refractivity contribution in [1.29, 1.82) is 0 Å². The molecule has 2 fully saturated rings. The normalized spacial score (nSPS) is 23.8. The van der Waals surface area contributed by atoms with E-state index in [2.05, 4.69) is 29.4 Å². The molecule has 2 saturated heterocycles. The Morgan fingerprint density at radius 1 is 1.22 bits per heavy atom. The van der Waals surface area contributed by atoms with Gasteiger partial charge in [0.2, 0.25) is 0 Å². The van der Waals surface area contributed by atoms with E-state index >= 15 is 0 Å². The molecule has 0 radical (unpaired) electrons. The maximum absolute atomic E-state index is 12.6. The van der Waals surface area contributed by atoms with Crippen LogP contribution in [0.5, 0.6) is 0 Å². The van der Waals surface area contributed by atoms with E-state index in [9.17, 15) is 4.79 Å². The van der Waals surface area contributed by atoms with Crippen LogP contribution in [0.3, 0.4) is 0 Å². The third kappa shape index (κ3) is 5.73. The van der Waals surface area contributed by atoms with Gasteiger partial charge in [0.25, 0.3) is 5.91 Å². The zero-order chi connectivity index (χ0) is 15.3. The number of carbonyl (C=O) groups is 1. The van der Waals surface area contributed by atoms with Gasteiger partial charge >= 0.3 is 0 Å². The highest BCUT2D eigenvalue weighted by molar-refractivity contribution is 5.86. The summed E-state index contributed by atoms with van der Waals surface area (Å²) in [4.78, 5) is 15.0. The Kier molecular flexibility index (Phi) is 10.6. The number of hydrogen-bond donors (Lipinski definition) is 2. The number of morpholine rings is 1. The maximum atomic E-state index is 12.6. The number of methoxy groups -OCH3 is 1. The first-order chi connectivity index (χ1) is 10.1. The summed E-state index contributed by atoms with van der Waals surface area (Å²) in [6.45, 7) is 9.31. The van der Waals surface area contributed by atoms with Gasteiger partial charge in [0.15, 0.2) is 0 Å². The zero-order valence-electron chi connectivity index (χ0n) is 14.3. The van der Waals surface area contributed by atoms with Crippen molar-refractivity contribution < 1.29 is 14.3 Å². The lowest BCUT2D eigenvalue weighted by atomic mass is 9.90. The summed E-state index contributed by atoms with van der Waals surface area (Å²) in [6.07, 6.45) is 1.46. The van der Waals surface area contributed by atoms with Crippen LogP contribution in [-0.2, 0) is 14.3 Å². The first-order valence-electron chi connectivity index (χ1n) is 7.98. The molecule has 0 spiro atoms. The Bertz CT molecular complexity index is 349. The van der Waals surface area contributed by atoms with Crippen molar-refractivity contribution in [2.45, 2.75) is 44.4 Å². The molecular weight excluding hydrogens is 341 g/mol. The number of nitrogens with zero attached hydrogens (tertiary/aromatic N) is 1. The van der Waals surface area contributed by atoms with Crippen molar-refractivity contribution in [3.05, 3.63) is 0 Å². The fourth-order valence-corrected chi connectivity index (χ4v) is 3.11. The molecule has 138 valence electrons. The molecule has 2 heterocycles. The lowest BCUT2D eigenvalue weighted by Gasteiger charge is -2.39. The molecule has 1 amide bonds. The molecule has 0 aliphatic carbocycles.